The Labute approximate surface area is 194 Å². The van der Waals surface area contributed by atoms with E-state index in [4.69, 9.17) is 14.5 Å². The lowest BCUT2D eigenvalue weighted by Crippen LogP contribution is -2.28. The first-order chi connectivity index (χ1) is 16.2. The molecule has 170 valence electrons. The Hall–Kier alpha value is -3.35. The Morgan fingerprint density at radius 2 is 1.45 bits per heavy atom. The second-order valence-corrected chi connectivity index (χ2v) is 8.39. The van der Waals surface area contributed by atoms with Crippen molar-refractivity contribution >= 4 is 5.65 Å². The molecular weight excluding hydrogens is 412 g/mol. The second kappa shape index (κ2) is 9.65. The zero-order chi connectivity index (χ0) is 22.6. The maximum Gasteiger partial charge on any atom is 0.137 e. The van der Waals surface area contributed by atoms with E-state index < -0.39 is 0 Å². The van der Waals surface area contributed by atoms with Crippen LogP contribution in [-0.2, 0) is 6.54 Å². The summed E-state index contributed by atoms with van der Waals surface area (Å²) < 4.78 is 12.9. The molecule has 1 aliphatic rings. The summed E-state index contributed by atoms with van der Waals surface area (Å²) in [5.41, 5.74) is 6.62. The summed E-state index contributed by atoms with van der Waals surface area (Å²) in [6.07, 6.45) is 3.37. The van der Waals surface area contributed by atoms with E-state index in [1.165, 1.54) is 5.69 Å². The van der Waals surface area contributed by atoms with Crippen LogP contribution in [0.3, 0.4) is 0 Å². The van der Waals surface area contributed by atoms with Crippen LogP contribution in [0.1, 0.15) is 12.1 Å². The van der Waals surface area contributed by atoms with Gasteiger partial charge in [0.15, 0.2) is 0 Å². The molecule has 0 unspecified atom stereocenters. The highest BCUT2D eigenvalue weighted by atomic mass is 16.5. The summed E-state index contributed by atoms with van der Waals surface area (Å²) in [6, 6.07) is 20.6. The van der Waals surface area contributed by atoms with Gasteiger partial charge in [-0.15, -0.1) is 0 Å². The van der Waals surface area contributed by atoms with E-state index in [9.17, 15) is 0 Å². The van der Waals surface area contributed by atoms with E-state index in [0.29, 0.717) is 0 Å². The Kier molecular flexibility index (Phi) is 6.28. The van der Waals surface area contributed by atoms with Gasteiger partial charge in [0, 0.05) is 31.4 Å². The van der Waals surface area contributed by atoms with Gasteiger partial charge in [0.05, 0.1) is 25.6 Å². The number of imidazole rings is 1. The SMILES string of the molecule is COc1ccc(-c2ccc3nc(-c4ccc(OC)cc4)c(CN4CCCNCC4)n3c2)cc1. The molecule has 4 aromatic rings. The molecule has 0 amide bonds. The first-order valence-electron chi connectivity index (χ1n) is 11.5. The number of nitrogens with one attached hydrogen (secondary N) is 1. The molecule has 1 aliphatic heterocycles. The zero-order valence-electron chi connectivity index (χ0n) is 19.3. The number of fused-ring (bicyclic) bond motifs is 1. The Balaban J connectivity index is 1.59. The minimum atomic E-state index is 0.851. The van der Waals surface area contributed by atoms with Crippen LogP contribution < -0.4 is 14.8 Å². The minimum absolute atomic E-state index is 0.851. The Morgan fingerprint density at radius 3 is 2.15 bits per heavy atom. The molecule has 6 heteroatoms. The predicted octanol–water partition coefficient (Wildman–Crippen LogP) is 4.48. The van der Waals surface area contributed by atoms with Crippen LogP contribution in [-0.4, -0.2) is 54.7 Å². The average molecular weight is 443 g/mol. The number of pyridine rings is 1. The van der Waals surface area contributed by atoms with Crippen molar-refractivity contribution in [3.05, 3.63) is 72.6 Å². The van der Waals surface area contributed by atoms with Crippen molar-refractivity contribution in [3.8, 4) is 33.9 Å². The summed E-state index contributed by atoms with van der Waals surface area (Å²) in [5, 5.41) is 3.50. The van der Waals surface area contributed by atoms with Crippen molar-refractivity contribution in [3.63, 3.8) is 0 Å². The van der Waals surface area contributed by atoms with Gasteiger partial charge in [0.1, 0.15) is 17.1 Å². The normalized spacial score (nSPS) is 14.8. The summed E-state index contributed by atoms with van der Waals surface area (Å²) >= 11 is 0. The maximum absolute atomic E-state index is 5.36. The minimum Gasteiger partial charge on any atom is -0.497 e. The van der Waals surface area contributed by atoms with E-state index in [1.54, 1.807) is 14.2 Å². The van der Waals surface area contributed by atoms with E-state index >= 15 is 0 Å². The van der Waals surface area contributed by atoms with Gasteiger partial charge in [-0.25, -0.2) is 4.98 Å². The molecule has 0 atom stereocenters. The number of hydrogen-bond donors (Lipinski definition) is 1. The number of rotatable bonds is 6. The molecule has 0 bridgehead atoms. The van der Waals surface area contributed by atoms with Crippen LogP contribution in [0, 0.1) is 0 Å². The molecule has 33 heavy (non-hydrogen) atoms. The predicted molar refractivity (Wildman–Crippen MR) is 132 cm³/mol. The summed E-state index contributed by atoms with van der Waals surface area (Å²) in [5.74, 6) is 1.71. The quantitative estimate of drug-likeness (QED) is 0.477. The van der Waals surface area contributed by atoms with Gasteiger partial charge in [-0.1, -0.05) is 12.1 Å². The lowest BCUT2D eigenvalue weighted by molar-refractivity contribution is 0.281. The third kappa shape index (κ3) is 4.58. The highest BCUT2D eigenvalue weighted by molar-refractivity contribution is 5.70. The molecule has 2 aromatic carbocycles. The van der Waals surface area contributed by atoms with Crippen LogP contribution in [0.4, 0.5) is 0 Å². The fraction of sp³-hybridized carbons (Fsp3) is 0.296. The van der Waals surface area contributed by atoms with Gasteiger partial charge >= 0.3 is 0 Å². The van der Waals surface area contributed by atoms with Crippen molar-refractivity contribution in [1.82, 2.24) is 19.6 Å². The largest absolute Gasteiger partial charge is 0.497 e. The molecule has 1 saturated heterocycles. The monoisotopic (exact) mass is 442 g/mol. The number of ether oxygens (including phenoxy) is 2. The fourth-order valence-electron chi connectivity index (χ4n) is 4.45. The topological polar surface area (TPSA) is 51.0 Å². The number of hydrogen-bond acceptors (Lipinski definition) is 5. The summed E-state index contributed by atoms with van der Waals surface area (Å²) in [6.45, 7) is 5.08. The highest BCUT2D eigenvalue weighted by Crippen LogP contribution is 2.30. The molecule has 6 nitrogen and oxygen atoms in total. The van der Waals surface area contributed by atoms with E-state index in [-0.39, 0.29) is 0 Å². The van der Waals surface area contributed by atoms with Crippen molar-refractivity contribution in [2.24, 2.45) is 0 Å². The summed E-state index contributed by atoms with van der Waals surface area (Å²) in [7, 11) is 3.39. The first kappa shape index (κ1) is 21.5. The van der Waals surface area contributed by atoms with Crippen molar-refractivity contribution < 1.29 is 9.47 Å². The molecule has 0 radical (unpaired) electrons. The molecule has 0 aliphatic carbocycles. The lowest BCUT2D eigenvalue weighted by atomic mass is 10.1. The second-order valence-electron chi connectivity index (χ2n) is 8.39. The molecule has 3 heterocycles. The van der Waals surface area contributed by atoms with Crippen molar-refractivity contribution in [1.29, 1.82) is 0 Å². The number of nitrogens with zero attached hydrogens (tertiary/aromatic N) is 3. The molecular formula is C27H30N4O2. The van der Waals surface area contributed by atoms with Crippen LogP contribution in [0.25, 0.3) is 28.0 Å². The van der Waals surface area contributed by atoms with Crippen LogP contribution in [0.5, 0.6) is 11.5 Å². The molecule has 1 N–H and O–H groups in total. The number of benzene rings is 2. The Bertz CT molecular complexity index is 1210. The first-order valence-corrected chi connectivity index (χ1v) is 11.5. The van der Waals surface area contributed by atoms with E-state index in [1.807, 2.05) is 24.3 Å². The highest BCUT2D eigenvalue weighted by Gasteiger charge is 2.19. The summed E-state index contributed by atoms with van der Waals surface area (Å²) in [4.78, 5) is 7.57. The van der Waals surface area contributed by atoms with Crippen molar-refractivity contribution in [2.75, 3.05) is 40.4 Å². The number of methoxy groups -OCH3 is 2. The van der Waals surface area contributed by atoms with Gasteiger partial charge < -0.3 is 19.2 Å². The van der Waals surface area contributed by atoms with Gasteiger partial charge in [-0.2, -0.15) is 0 Å². The van der Waals surface area contributed by atoms with E-state index in [0.717, 1.165) is 78.7 Å². The third-order valence-electron chi connectivity index (χ3n) is 6.31. The molecule has 2 aromatic heterocycles. The maximum atomic E-state index is 5.36. The van der Waals surface area contributed by atoms with Crippen LogP contribution in [0.2, 0.25) is 0 Å². The van der Waals surface area contributed by atoms with Crippen LogP contribution >= 0.6 is 0 Å². The zero-order valence-corrected chi connectivity index (χ0v) is 19.3. The average Bonchev–Trinajstić information content (AvgIpc) is 3.03. The van der Waals surface area contributed by atoms with Crippen LogP contribution in [0.15, 0.2) is 66.9 Å². The van der Waals surface area contributed by atoms with Gasteiger partial charge in [-0.05, 0) is 79.2 Å². The van der Waals surface area contributed by atoms with Gasteiger partial charge in [0.25, 0.3) is 0 Å². The van der Waals surface area contributed by atoms with E-state index in [2.05, 4.69) is 57.2 Å². The number of aromatic nitrogens is 2. The van der Waals surface area contributed by atoms with Gasteiger partial charge in [0.2, 0.25) is 0 Å². The molecule has 5 rings (SSSR count). The fourth-order valence-corrected chi connectivity index (χ4v) is 4.45. The smallest absolute Gasteiger partial charge is 0.137 e. The Morgan fingerprint density at radius 1 is 0.788 bits per heavy atom. The van der Waals surface area contributed by atoms with Crippen molar-refractivity contribution in [2.45, 2.75) is 13.0 Å². The van der Waals surface area contributed by atoms with Gasteiger partial charge in [-0.3, -0.25) is 4.90 Å². The molecule has 0 saturated carbocycles. The third-order valence-corrected chi connectivity index (χ3v) is 6.31. The lowest BCUT2D eigenvalue weighted by Gasteiger charge is -2.20. The molecule has 0 spiro atoms. The molecule has 1 fully saturated rings. The standard InChI is InChI=1S/C27H30N4O2/c1-32-23-9-4-20(5-10-23)22-8-13-26-29-27(21-6-11-24(33-2)12-7-21)25(31(26)18-22)19-30-16-3-14-28-15-17-30/h4-13,18,28H,3,14-17,19H2,1-2H3.